The van der Waals surface area contributed by atoms with Crippen molar-refractivity contribution in [3.8, 4) is 5.69 Å². The summed E-state index contributed by atoms with van der Waals surface area (Å²) in [6.07, 6.45) is 0.756. The first-order valence-electron chi connectivity index (χ1n) is 9.90. The SMILES string of the molecule is CCc1nc2c(N)nc3ccccc3c2n1Cc1cc(C)nn1-c1ccc(F)cc1. The fourth-order valence-electron chi connectivity index (χ4n) is 3.98. The van der Waals surface area contributed by atoms with Crippen molar-refractivity contribution < 1.29 is 4.39 Å². The van der Waals surface area contributed by atoms with E-state index in [0.29, 0.717) is 12.4 Å². The molecular weight excluding hydrogens is 379 g/mol. The van der Waals surface area contributed by atoms with Gasteiger partial charge in [-0.3, -0.25) is 0 Å². The Balaban J connectivity index is 1.73. The third-order valence-corrected chi connectivity index (χ3v) is 5.30. The smallest absolute Gasteiger partial charge is 0.152 e. The molecule has 6 nitrogen and oxygen atoms in total. The molecule has 0 aliphatic heterocycles. The van der Waals surface area contributed by atoms with Crippen LogP contribution in [0.2, 0.25) is 0 Å². The van der Waals surface area contributed by atoms with Crippen molar-refractivity contribution in [2.24, 2.45) is 0 Å². The van der Waals surface area contributed by atoms with Gasteiger partial charge in [-0.05, 0) is 43.3 Å². The molecule has 0 bridgehead atoms. The number of hydrogen-bond donors (Lipinski definition) is 1. The summed E-state index contributed by atoms with van der Waals surface area (Å²) in [5.74, 6) is 1.09. The predicted octanol–water partition coefficient (Wildman–Crippen LogP) is 4.41. The van der Waals surface area contributed by atoms with Crippen LogP contribution in [0.1, 0.15) is 24.1 Å². The Morgan fingerprint density at radius 2 is 1.80 bits per heavy atom. The van der Waals surface area contributed by atoms with Gasteiger partial charge in [0.15, 0.2) is 5.82 Å². The largest absolute Gasteiger partial charge is 0.382 e. The molecule has 0 radical (unpaired) electrons. The maximum Gasteiger partial charge on any atom is 0.152 e. The van der Waals surface area contributed by atoms with Gasteiger partial charge in [0.05, 0.1) is 34.7 Å². The van der Waals surface area contributed by atoms with Gasteiger partial charge in [0.1, 0.15) is 17.2 Å². The molecule has 30 heavy (non-hydrogen) atoms. The average molecular weight is 400 g/mol. The van der Waals surface area contributed by atoms with E-state index in [-0.39, 0.29) is 5.82 Å². The third kappa shape index (κ3) is 2.90. The van der Waals surface area contributed by atoms with Crippen LogP contribution in [0.15, 0.2) is 54.6 Å². The first-order chi connectivity index (χ1) is 14.5. The molecule has 3 aromatic heterocycles. The number of aryl methyl sites for hydroxylation is 2. The second-order valence-electron chi connectivity index (χ2n) is 7.34. The first-order valence-corrected chi connectivity index (χ1v) is 9.90. The number of fused-ring (bicyclic) bond motifs is 3. The molecule has 0 aliphatic carbocycles. The minimum atomic E-state index is -0.271. The highest BCUT2D eigenvalue weighted by atomic mass is 19.1. The lowest BCUT2D eigenvalue weighted by molar-refractivity contribution is 0.626. The lowest BCUT2D eigenvalue weighted by Crippen LogP contribution is -2.10. The Bertz CT molecular complexity index is 1380. The van der Waals surface area contributed by atoms with Gasteiger partial charge < -0.3 is 10.3 Å². The van der Waals surface area contributed by atoms with E-state index in [0.717, 1.165) is 51.3 Å². The number of nitrogen functional groups attached to an aromatic ring is 1. The highest BCUT2D eigenvalue weighted by Gasteiger charge is 2.18. The van der Waals surface area contributed by atoms with Crippen LogP contribution < -0.4 is 5.73 Å². The van der Waals surface area contributed by atoms with Gasteiger partial charge >= 0.3 is 0 Å². The van der Waals surface area contributed by atoms with Gasteiger partial charge in [0, 0.05) is 11.8 Å². The number of benzene rings is 2. The van der Waals surface area contributed by atoms with Crippen molar-refractivity contribution in [2.45, 2.75) is 26.8 Å². The molecule has 2 aromatic carbocycles. The van der Waals surface area contributed by atoms with E-state index in [1.54, 1.807) is 12.1 Å². The molecule has 0 saturated carbocycles. The molecule has 7 heteroatoms. The van der Waals surface area contributed by atoms with Crippen molar-refractivity contribution in [1.82, 2.24) is 24.3 Å². The average Bonchev–Trinajstić information content (AvgIpc) is 3.30. The number of hydrogen-bond acceptors (Lipinski definition) is 4. The van der Waals surface area contributed by atoms with Gasteiger partial charge in [-0.15, -0.1) is 0 Å². The first kappa shape index (κ1) is 18.3. The number of pyridine rings is 1. The Morgan fingerprint density at radius 1 is 1.03 bits per heavy atom. The number of nitrogens with two attached hydrogens (primary N) is 1. The fourth-order valence-corrected chi connectivity index (χ4v) is 3.98. The highest BCUT2D eigenvalue weighted by molar-refractivity contribution is 6.06. The molecule has 0 unspecified atom stereocenters. The molecule has 0 aliphatic rings. The van der Waals surface area contributed by atoms with E-state index in [2.05, 4.69) is 21.6 Å². The zero-order valence-electron chi connectivity index (χ0n) is 16.8. The second-order valence-corrected chi connectivity index (χ2v) is 7.34. The Hall–Kier alpha value is -3.74. The van der Waals surface area contributed by atoms with Gasteiger partial charge in [-0.2, -0.15) is 5.10 Å². The van der Waals surface area contributed by atoms with Crippen molar-refractivity contribution in [1.29, 1.82) is 0 Å². The number of imidazole rings is 1. The summed E-state index contributed by atoms with van der Waals surface area (Å²) in [7, 11) is 0. The van der Waals surface area contributed by atoms with E-state index < -0.39 is 0 Å². The van der Waals surface area contributed by atoms with Crippen LogP contribution in [0, 0.1) is 12.7 Å². The topological polar surface area (TPSA) is 74.6 Å². The number of aromatic nitrogens is 5. The number of rotatable bonds is 4. The maximum atomic E-state index is 13.4. The van der Waals surface area contributed by atoms with Crippen molar-refractivity contribution in [3.63, 3.8) is 0 Å². The molecule has 0 fully saturated rings. The molecule has 5 aromatic rings. The molecule has 5 rings (SSSR count). The molecule has 150 valence electrons. The Morgan fingerprint density at radius 3 is 2.57 bits per heavy atom. The van der Waals surface area contributed by atoms with Gasteiger partial charge in [0.25, 0.3) is 0 Å². The standard InChI is InChI=1S/C23H21FN6/c1-3-20-27-21-22(18-6-4-5-7-19(18)26-23(21)25)29(20)13-17-12-14(2)28-30(17)16-10-8-15(24)9-11-16/h4-12H,3,13H2,1-2H3,(H2,25,26). The number of para-hydroxylation sites is 1. The Kier molecular flexibility index (Phi) is 4.24. The summed E-state index contributed by atoms with van der Waals surface area (Å²) < 4.78 is 17.5. The monoisotopic (exact) mass is 400 g/mol. The predicted molar refractivity (Wildman–Crippen MR) is 116 cm³/mol. The van der Waals surface area contributed by atoms with Crippen molar-refractivity contribution >= 4 is 27.8 Å². The molecule has 0 spiro atoms. The summed E-state index contributed by atoms with van der Waals surface area (Å²) in [5, 5.41) is 5.64. The molecule has 0 saturated heterocycles. The fraction of sp³-hybridized carbons (Fsp3) is 0.174. The zero-order chi connectivity index (χ0) is 20.8. The molecular formula is C23H21FN6. The van der Waals surface area contributed by atoms with Gasteiger partial charge in [-0.1, -0.05) is 25.1 Å². The summed E-state index contributed by atoms with van der Waals surface area (Å²) >= 11 is 0. The molecule has 2 N–H and O–H groups in total. The molecule has 0 atom stereocenters. The number of halogens is 1. The molecule has 3 heterocycles. The van der Waals surface area contributed by atoms with Crippen LogP contribution in [0.25, 0.3) is 27.6 Å². The summed E-state index contributed by atoms with van der Waals surface area (Å²) in [6.45, 7) is 4.59. The third-order valence-electron chi connectivity index (χ3n) is 5.30. The van der Waals surface area contributed by atoms with Crippen LogP contribution >= 0.6 is 0 Å². The normalized spacial score (nSPS) is 11.6. The van der Waals surface area contributed by atoms with Gasteiger partial charge in [-0.25, -0.2) is 19.0 Å². The second kappa shape index (κ2) is 6.95. The van der Waals surface area contributed by atoms with E-state index in [1.807, 2.05) is 41.9 Å². The molecule has 0 amide bonds. The minimum Gasteiger partial charge on any atom is -0.382 e. The maximum absolute atomic E-state index is 13.4. The Labute approximate surface area is 172 Å². The summed E-state index contributed by atoms with van der Waals surface area (Å²) in [5.41, 5.74) is 11.5. The van der Waals surface area contributed by atoms with Crippen LogP contribution in [-0.2, 0) is 13.0 Å². The summed E-state index contributed by atoms with van der Waals surface area (Å²) in [6, 6.07) is 16.3. The summed E-state index contributed by atoms with van der Waals surface area (Å²) in [4.78, 5) is 9.32. The van der Waals surface area contributed by atoms with E-state index in [1.165, 1.54) is 12.1 Å². The van der Waals surface area contributed by atoms with Crippen LogP contribution in [0.4, 0.5) is 10.2 Å². The van der Waals surface area contributed by atoms with Crippen molar-refractivity contribution in [3.05, 3.63) is 77.6 Å². The lowest BCUT2D eigenvalue weighted by Gasteiger charge is -2.12. The lowest BCUT2D eigenvalue weighted by atomic mass is 10.2. The number of anilines is 1. The number of nitrogens with zero attached hydrogens (tertiary/aromatic N) is 5. The minimum absolute atomic E-state index is 0.271. The van der Waals surface area contributed by atoms with Crippen molar-refractivity contribution in [2.75, 3.05) is 5.73 Å². The van der Waals surface area contributed by atoms with E-state index in [9.17, 15) is 4.39 Å². The zero-order valence-corrected chi connectivity index (χ0v) is 16.8. The van der Waals surface area contributed by atoms with Gasteiger partial charge in [0.2, 0.25) is 0 Å². The van der Waals surface area contributed by atoms with E-state index >= 15 is 0 Å². The van der Waals surface area contributed by atoms with Crippen LogP contribution in [0.5, 0.6) is 0 Å². The van der Waals surface area contributed by atoms with Crippen LogP contribution in [-0.4, -0.2) is 24.3 Å². The highest BCUT2D eigenvalue weighted by Crippen LogP contribution is 2.30. The van der Waals surface area contributed by atoms with Crippen LogP contribution in [0.3, 0.4) is 0 Å². The van der Waals surface area contributed by atoms with E-state index in [4.69, 9.17) is 10.7 Å². The quantitative estimate of drug-likeness (QED) is 0.485.